The van der Waals surface area contributed by atoms with Gasteiger partial charge >= 0.3 is 0 Å². The molecule has 0 atom stereocenters. The summed E-state index contributed by atoms with van der Waals surface area (Å²) in [6.45, 7) is 4.81. The Kier molecular flexibility index (Phi) is 6.07. The highest BCUT2D eigenvalue weighted by Gasteiger charge is 2.25. The van der Waals surface area contributed by atoms with Crippen molar-refractivity contribution in [3.63, 3.8) is 0 Å². The summed E-state index contributed by atoms with van der Waals surface area (Å²) in [5.41, 5.74) is 5.70. The molecule has 0 aromatic carbocycles. The van der Waals surface area contributed by atoms with E-state index in [2.05, 4.69) is 4.90 Å². The van der Waals surface area contributed by atoms with Gasteiger partial charge in [0.25, 0.3) is 0 Å². The smallest absolute Gasteiger partial charge is 0.236 e. The Morgan fingerprint density at radius 3 is 2.53 bits per heavy atom. The van der Waals surface area contributed by atoms with Crippen molar-refractivity contribution in [3.8, 4) is 0 Å². The van der Waals surface area contributed by atoms with Gasteiger partial charge in [-0.2, -0.15) is 0 Å². The van der Waals surface area contributed by atoms with E-state index in [0.29, 0.717) is 32.3 Å². The highest BCUT2D eigenvalue weighted by molar-refractivity contribution is 5.78. The van der Waals surface area contributed by atoms with E-state index in [4.69, 9.17) is 10.5 Å². The van der Waals surface area contributed by atoms with E-state index in [0.717, 1.165) is 19.6 Å². The second-order valence-electron chi connectivity index (χ2n) is 5.54. The van der Waals surface area contributed by atoms with Gasteiger partial charge < -0.3 is 15.4 Å². The van der Waals surface area contributed by atoms with E-state index in [-0.39, 0.29) is 5.91 Å². The van der Waals surface area contributed by atoms with Gasteiger partial charge in [0.1, 0.15) is 0 Å². The number of rotatable bonds is 5. The monoisotopic (exact) mass is 269 g/mol. The van der Waals surface area contributed by atoms with Gasteiger partial charge in [-0.05, 0) is 12.8 Å². The largest absolute Gasteiger partial charge is 0.378 e. The summed E-state index contributed by atoms with van der Waals surface area (Å²) in [6, 6.07) is 0.558. The molecule has 0 bridgehead atoms. The van der Waals surface area contributed by atoms with Crippen LogP contribution in [-0.4, -0.2) is 67.7 Å². The van der Waals surface area contributed by atoms with Crippen LogP contribution in [0.4, 0.5) is 0 Å². The van der Waals surface area contributed by atoms with Crippen molar-refractivity contribution >= 4 is 5.91 Å². The van der Waals surface area contributed by atoms with E-state index < -0.39 is 0 Å². The summed E-state index contributed by atoms with van der Waals surface area (Å²) in [4.78, 5) is 16.5. The van der Waals surface area contributed by atoms with Gasteiger partial charge in [0.2, 0.25) is 5.91 Å². The van der Waals surface area contributed by atoms with Crippen molar-refractivity contribution in [1.29, 1.82) is 0 Å². The fourth-order valence-corrected chi connectivity index (χ4v) is 3.09. The third-order valence-electron chi connectivity index (χ3n) is 4.21. The Morgan fingerprint density at radius 1 is 1.21 bits per heavy atom. The number of carbonyl (C=O) groups is 1. The molecule has 1 aliphatic heterocycles. The first-order valence-corrected chi connectivity index (χ1v) is 7.61. The molecule has 1 heterocycles. The minimum absolute atomic E-state index is 0.238. The number of morpholine rings is 1. The Balaban J connectivity index is 1.85. The normalized spacial score (nSPS) is 21.9. The molecule has 19 heavy (non-hydrogen) atoms. The van der Waals surface area contributed by atoms with Gasteiger partial charge in [-0.15, -0.1) is 0 Å². The van der Waals surface area contributed by atoms with Crippen molar-refractivity contribution in [3.05, 3.63) is 0 Å². The lowest BCUT2D eigenvalue weighted by Crippen LogP contribution is -2.49. The van der Waals surface area contributed by atoms with Crippen LogP contribution in [0.2, 0.25) is 0 Å². The molecule has 1 saturated carbocycles. The van der Waals surface area contributed by atoms with E-state index in [1.54, 1.807) is 0 Å². The number of hydrogen-bond donors (Lipinski definition) is 1. The highest BCUT2D eigenvalue weighted by atomic mass is 16.5. The SMILES string of the molecule is NCCN(CC(=O)N1CCOCC1)C1CCCCC1. The van der Waals surface area contributed by atoms with Crippen LogP contribution in [0.1, 0.15) is 32.1 Å². The molecule has 1 saturated heterocycles. The molecule has 2 rings (SSSR count). The van der Waals surface area contributed by atoms with Crippen LogP contribution in [0.25, 0.3) is 0 Å². The number of nitrogens with zero attached hydrogens (tertiary/aromatic N) is 2. The Bertz CT molecular complexity index is 274. The molecule has 2 N–H and O–H groups in total. The van der Waals surface area contributed by atoms with Gasteiger partial charge in [0.15, 0.2) is 0 Å². The van der Waals surface area contributed by atoms with E-state index in [1.165, 1.54) is 32.1 Å². The summed E-state index contributed by atoms with van der Waals surface area (Å²) >= 11 is 0. The van der Waals surface area contributed by atoms with E-state index in [1.807, 2.05) is 4.90 Å². The molecule has 5 heteroatoms. The number of amides is 1. The average molecular weight is 269 g/mol. The molecule has 0 aromatic rings. The molecule has 0 radical (unpaired) electrons. The molecule has 0 spiro atoms. The van der Waals surface area contributed by atoms with Crippen LogP contribution in [-0.2, 0) is 9.53 Å². The molecule has 2 aliphatic rings. The predicted molar refractivity (Wildman–Crippen MR) is 74.9 cm³/mol. The molecule has 5 nitrogen and oxygen atoms in total. The average Bonchev–Trinajstić information content (AvgIpc) is 2.48. The second kappa shape index (κ2) is 7.82. The van der Waals surface area contributed by atoms with Crippen molar-refractivity contribution in [2.75, 3.05) is 45.9 Å². The van der Waals surface area contributed by atoms with E-state index >= 15 is 0 Å². The quantitative estimate of drug-likeness (QED) is 0.787. The van der Waals surface area contributed by atoms with Crippen LogP contribution in [0, 0.1) is 0 Å². The molecule has 1 aliphatic carbocycles. The van der Waals surface area contributed by atoms with Crippen LogP contribution >= 0.6 is 0 Å². The Labute approximate surface area is 116 Å². The van der Waals surface area contributed by atoms with E-state index in [9.17, 15) is 4.79 Å². The maximum atomic E-state index is 12.3. The zero-order chi connectivity index (χ0) is 13.5. The maximum absolute atomic E-state index is 12.3. The minimum atomic E-state index is 0.238. The van der Waals surface area contributed by atoms with Crippen molar-refractivity contribution in [2.24, 2.45) is 5.73 Å². The van der Waals surface area contributed by atoms with Crippen LogP contribution in [0.15, 0.2) is 0 Å². The van der Waals surface area contributed by atoms with Crippen LogP contribution in [0.3, 0.4) is 0 Å². The van der Waals surface area contributed by atoms with Gasteiger partial charge in [0.05, 0.1) is 19.8 Å². The van der Waals surface area contributed by atoms with Crippen molar-refractivity contribution in [1.82, 2.24) is 9.80 Å². The lowest BCUT2D eigenvalue weighted by Gasteiger charge is -2.35. The van der Waals surface area contributed by atoms with Crippen LogP contribution < -0.4 is 5.73 Å². The first kappa shape index (κ1) is 14.8. The summed E-state index contributed by atoms with van der Waals surface area (Å²) in [5, 5.41) is 0. The first-order valence-electron chi connectivity index (χ1n) is 7.61. The van der Waals surface area contributed by atoms with Gasteiger partial charge in [-0.3, -0.25) is 9.69 Å². The number of nitrogens with two attached hydrogens (primary N) is 1. The lowest BCUT2D eigenvalue weighted by molar-refractivity contribution is -0.137. The fourth-order valence-electron chi connectivity index (χ4n) is 3.09. The van der Waals surface area contributed by atoms with Crippen LogP contribution in [0.5, 0.6) is 0 Å². The van der Waals surface area contributed by atoms with Gasteiger partial charge in [0, 0.05) is 32.2 Å². The third-order valence-corrected chi connectivity index (χ3v) is 4.21. The van der Waals surface area contributed by atoms with Crippen molar-refractivity contribution < 1.29 is 9.53 Å². The summed E-state index contributed by atoms with van der Waals surface area (Å²) in [7, 11) is 0. The molecule has 2 fully saturated rings. The van der Waals surface area contributed by atoms with Gasteiger partial charge in [-0.25, -0.2) is 0 Å². The first-order chi connectivity index (χ1) is 9.31. The Morgan fingerprint density at radius 2 is 1.89 bits per heavy atom. The molecular formula is C14H27N3O2. The molecule has 110 valence electrons. The summed E-state index contributed by atoms with van der Waals surface area (Å²) < 4.78 is 5.29. The summed E-state index contributed by atoms with van der Waals surface area (Å²) in [6.07, 6.45) is 6.35. The maximum Gasteiger partial charge on any atom is 0.236 e. The highest BCUT2D eigenvalue weighted by Crippen LogP contribution is 2.22. The van der Waals surface area contributed by atoms with Gasteiger partial charge in [-0.1, -0.05) is 19.3 Å². The number of ether oxygens (including phenoxy) is 1. The molecule has 0 unspecified atom stereocenters. The molecule has 0 aromatic heterocycles. The lowest BCUT2D eigenvalue weighted by atomic mass is 9.94. The zero-order valence-corrected chi connectivity index (χ0v) is 11.9. The third kappa shape index (κ3) is 4.44. The number of carbonyl (C=O) groups excluding carboxylic acids is 1. The standard InChI is InChI=1S/C14H27N3O2/c15-6-7-17(13-4-2-1-3-5-13)12-14(18)16-8-10-19-11-9-16/h13H,1-12,15H2. The predicted octanol–water partition coefficient (Wildman–Crippen LogP) is 0.439. The Hall–Kier alpha value is -0.650. The number of hydrogen-bond acceptors (Lipinski definition) is 4. The molecule has 1 amide bonds. The van der Waals surface area contributed by atoms with Crippen molar-refractivity contribution in [2.45, 2.75) is 38.1 Å². The summed E-state index contributed by atoms with van der Waals surface area (Å²) in [5.74, 6) is 0.238. The zero-order valence-electron chi connectivity index (χ0n) is 11.9. The second-order valence-corrected chi connectivity index (χ2v) is 5.54. The minimum Gasteiger partial charge on any atom is -0.378 e. The fraction of sp³-hybridized carbons (Fsp3) is 0.929. The topological polar surface area (TPSA) is 58.8 Å². The molecular weight excluding hydrogens is 242 g/mol.